The minimum absolute atomic E-state index is 0.0190. The van der Waals surface area contributed by atoms with Gasteiger partial charge < -0.3 is 10.1 Å². The zero-order valence-electron chi connectivity index (χ0n) is 17.5. The van der Waals surface area contributed by atoms with Crippen LogP contribution < -0.4 is 5.32 Å². The molecule has 1 atom stereocenters. The van der Waals surface area contributed by atoms with Gasteiger partial charge in [-0.3, -0.25) is 4.79 Å². The Morgan fingerprint density at radius 2 is 1.72 bits per heavy atom. The van der Waals surface area contributed by atoms with Crippen molar-refractivity contribution in [2.75, 3.05) is 13.1 Å². The summed E-state index contributed by atoms with van der Waals surface area (Å²) in [4.78, 5) is 25.8. The van der Waals surface area contributed by atoms with Crippen LogP contribution in [0.25, 0.3) is 0 Å². The Labute approximate surface area is 192 Å². The molecule has 1 aliphatic carbocycles. The molecule has 2 aliphatic rings. The average molecular weight is 477 g/mol. The van der Waals surface area contributed by atoms with Crippen LogP contribution in [0.2, 0.25) is 5.02 Å². The van der Waals surface area contributed by atoms with Crippen molar-refractivity contribution in [2.45, 2.75) is 49.1 Å². The fourth-order valence-electron chi connectivity index (χ4n) is 3.65. The number of sulfonamides is 1. The molecule has 1 aliphatic heterocycles. The van der Waals surface area contributed by atoms with E-state index in [9.17, 15) is 18.0 Å². The fraction of sp³-hybridized carbons (Fsp3) is 0.391. The molecule has 0 aromatic heterocycles. The first-order chi connectivity index (χ1) is 15.4. The molecule has 9 heteroatoms. The molecular formula is C23H25ClN2O5S. The lowest BCUT2D eigenvalue weighted by Crippen LogP contribution is -2.35. The van der Waals surface area contributed by atoms with E-state index in [2.05, 4.69) is 5.32 Å². The molecule has 4 rings (SSSR count). The van der Waals surface area contributed by atoms with Gasteiger partial charge in [0.1, 0.15) is 0 Å². The molecule has 2 fully saturated rings. The van der Waals surface area contributed by atoms with Crippen LogP contribution in [0.5, 0.6) is 0 Å². The van der Waals surface area contributed by atoms with E-state index in [0.29, 0.717) is 18.7 Å². The molecular weight excluding hydrogens is 452 g/mol. The first-order valence-corrected chi connectivity index (χ1v) is 12.5. The number of carbonyl (C=O) groups excluding carboxylic acids is 2. The second-order valence-electron chi connectivity index (χ2n) is 8.09. The molecule has 170 valence electrons. The Morgan fingerprint density at radius 1 is 1.03 bits per heavy atom. The second kappa shape index (κ2) is 9.60. The van der Waals surface area contributed by atoms with Crippen molar-refractivity contribution < 1.29 is 22.7 Å². The molecule has 32 heavy (non-hydrogen) atoms. The molecule has 7 nitrogen and oxygen atoms in total. The maximum absolute atomic E-state index is 13.0. The van der Waals surface area contributed by atoms with Gasteiger partial charge in [-0.15, -0.1) is 0 Å². The minimum Gasteiger partial charge on any atom is -0.444 e. The number of nitrogens with one attached hydrogen (secondary N) is 1. The van der Waals surface area contributed by atoms with E-state index < -0.39 is 28.0 Å². The Morgan fingerprint density at radius 3 is 2.38 bits per heavy atom. The quantitative estimate of drug-likeness (QED) is 0.615. The van der Waals surface area contributed by atoms with E-state index in [0.717, 1.165) is 32.1 Å². The van der Waals surface area contributed by atoms with Crippen molar-refractivity contribution in [1.82, 2.24) is 9.62 Å². The van der Waals surface area contributed by atoms with Crippen LogP contribution in [0.1, 0.15) is 54.1 Å². The molecule has 2 aromatic carbocycles. The predicted molar refractivity (Wildman–Crippen MR) is 120 cm³/mol. The summed E-state index contributed by atoms with van der Waals surface area (Å²) < 4.78 is 33.0. The van der Waals surface area contributed by atoms with Gasteiger partial charge in [-0.1, -0.05) is 48.4 Å². The molecule has 2 aromatic rings. The van der Waals surface area contributed by atoms with Crippen LogP contribution in [-0.2, 0) is 19.6 Å². The number of carbonyl (C=O) groups is 2. The number of halogens is 1. The Balaban J connectivity index is 1.59. The third-order valence-electron chi connectivity index (χ3n) is 5.60. The first kappa shape index (κ1) is 22.8. The summed E-state index contributed by atoms with van der Waals surface area (Å²) in [5, 5.41) is 2.91. The first-order valence-electron chi connectivity index (χ1n) is 10.7. The lowest BCUT2D eigenvalue weighted by atomic mass is 10.1. The van der Waals surface area contributed by atoms with Crippen molar-refractivity contribution in [3.05, 3.63) is 64.7 Å². The standard InChI is InChI=1S/C23H25ClN2O5S/c24-20-12-11-18(32(29,30)26-13-5-2-6-14-26)15-19(20)23(28)31-21(16-7-3-1-4-8-16)22(27)25-17-9-10-17/h1,3-4,7-8,11-12,15,17,21H,2,5-6,9-10,13-14H2,(H,25,27). The van der Waals surface area contributed by atoms with Crippen LogP contribution in [0.4, 0.5) is 0 Å². The summed E-state index contributed by atoms with van der Waals surface area (Å²) in [5.41, 5.74) is 0.428. The highest BCUT2D eigenvalue weighted by Gasteiger charge is 2.32. The molecule has 0 bridgehead atoms. The Bertz CT molecular complexity index is 1100. The lowest BCUT2D eigenvalue weighted by Gasteiger charge is -2.26. The molecule has 0 spiro atoms. The van der Waals surface area contributed by atoms with E-state index in [-0.39, 0.29) is 21.5 Å². The predicted octanol–water partition coefficient (Wildman–Crippen LogP) is 3.69. The highest BCUT2D eigenvalue weighted by Crippen LogP contribution is 2.28. The van der Waals surface area contributed by atoms with E-state index in [1.54, 1.807) is 30.3 Å². The van der Waals surface area contributed by atoms with E-state index in [1.807, 2.05) is 0 Å². The lowest BCUT2D eigenvalue weighted by molar-refractivity contribution is -0.130. The zero-order valence-corrected chi connectivity index (χ0v) is 19.1. The normalized spacial score (nSPS) is 18.0. The monoisotopic (exact) mass is 476 g/mol. The van der Waals surface area contributed by atoms with E-state index in [4.69, 9.17) is 16.3 Å². The summed E-state index contributed by atoms with van der Waals surface area (Å²) in [5.74, 6) is -1.27. The van der Waals surface area contributed by atoms with Gasteiger partial charge in [0, 0.05) is 24.7 Å². The van der Waals surface area contributed by atoms with E-state index in [1.165, 1.54) is 22.5 Å². The molecule has 1 unspecified atom stereocenters. The molecule has 1 amide bonds. The maximum Gasteiger partial charge on any atom is 0.340 e. The van der Waals surface area contributed by atoms with Crippen LogP contribution in [0.3, 0.4) is 0 Å². The Hall–Kier alpha value is -2.42. The van der Waals surface area contributed by atoms with Gasteiger partial charge >= 0.3 is 5.97 Å². The average Bonchev–Trinajstić information content (AvgIpc) is 3.62. The summed E-state index contributed by atoms with van der Waals surface area (Å²) in [6, 6.07) is 12.8. The summed E-state index contributed by atoms with van der Waals surface area (Å²) in [6.45, 7) is 0.893. The van der Waals surface area contributed by atoms with Gasteiger partial charge in [0.15, 0.2) is 0 Å². The highest BCUT2D eigenvalue weighted by molar-refractivity contribution is 7.89. The fourth-order valence-corrected chi connectivity index (χ4v) is 5.39. The van der Waals surface area contributed by atoms with Crippen molar-refractivity contribution in [1.29, 1.82) is 0 Å². The van der Waals surface area contributed by atoms with Crippen molar-refractivity contribution in [3.8, 4) is 0 Å². The number of hydrogen-bond donors (Lipinski definition) is 1. The van der Waals surface area contributed by atoms with Gasteiger partial charge in [0.2, 0.25) is 16.1 Å². The SMILES string of the molecule is O=C(OC(C(=O)NC1CC1)c1ccccc1)c1cc(S(=O)(=O)N2CCCCC2)ccc1Cl. The highest BCUT2D eigenvalue weighted by atomic mass is 35.5. The van der Waals surface area contributed by atoms with E-state index >= 15 is 0 Å². The smallest absolute Gasteiger partial charge is 0.340 e. The Kier molecular flexibility index (Phi) is 6.83. The number of piperidine rings is 1. The third kappa shape index (κ3) is 5.14. The summed E-state index contributed by atoms with van der Waals surface area (Å²) in [6.07, 6.45) is 3.22. The number of rotatable bonds is 7. The molecule has 1 saturated carbocycles. The molecule has 1 N–H and O–H groups in total. The number of esters is 1. The maximum atomic E-state index is 13.0. The van der Waals surface area contributed by atoms with Gasteiger partial charge in [0.25, 0.3) is 5.91 Å². The van der Waals surface area contributed by atoms with Crippen LogP contribution in [0.15, 0.2) is 53.4 Å². The van der Waals surface area contributed by atoms with Crippen molar-refractivity contribution in [2.24, 2.45) is 0 Å². The van der Waals surface area contributed by atoms with Gasteiger partial charge in [-0.2, -0.15) is 4.31 Å². The number of nitrogens with zero attached hydrogens (tertiary/aromatic N) is 1. The number of ether oxygens (including phenoxy) is 1. The second-order valence-corrected chi connectivity index (χ2v) is 10.4. The van der Waals surface area contributed by atoms with Crippen molar-refractivity contribution in [3.63, 3.8) is 0 Å². The van der Waals surface area contributed by atoms with Crippen molar-refractivity contribution >= 4 is 33.5 Å². The molecule has 1 heterocycles. The largest absolute Gasteiger partial charge is 0.444 e. The third-order valence-corrected chi connectivity index (χ3v) is 7.82. The molecule has 0 radical (unpaired) electrons. The van der Waals surface area contributed by atoms with Crippen LogP contribution >= 0.6 is 11.6 Å². The number of benzene rings is 2. The summed E-state index contributed by atoms with van der Waals surface area (Å²) in [7, 11) is -3.75. The number of amides is 1. The number of hydrogen-bond acceptors (Lipinski definition) is 5. The zero-order chi connectivity index (χ0) is 22.7. The van der Waals surface area contributed by atoms with Crippen LogP contribution in [0, 0.1) is 0 Å². The van der Waals surface area contributed by atoms with Gasteiger partial charge in [0.05, 0.1) is 15.5 Å². The van der Waals surface area contributed by atoms with Gasteiger partial charge in [-0.25, -0.2) is 13.2 Å². The minimum atomic E-state index is -3.75. The van der Waals surface area contributed by atoms with Gasteiger partial charge in [-0.05, 0) is 43.9 Å². The topological polar surface area (TPSA) is 92.8 Å². The van der Waals surface area contributed by atoms with Crippen LogP contribution in [-0.4, -0.2) is 43.7 Å². The molecule has 1 saturated heterocycles. The summed E-state index contributed by atoms with van der Waals surface area (Å²) >= 11 is 6.22.